The third-order valence-electron chi connectivity index (χ3n) is 6.35. The zero-order valence-electron chi connectivity index (χ0n) is 17.2. The van der Waals surface area contributed by atoms with Crippen molar-refractivity contribution in [3.63, 3.8) is 0 Å². The summed E-state index contributed by atoms with van der Waals surface area (Å²) in [5.74, 6) is 0.559. The summed E-state index contributed by atoms with van der Waals surface area (Å²) in [7, 11) is 0. The summed E-state index contributed by atoms with van der Waals surface area (Å²) >= 11 is 6.10. The molecule has 0 fully saturated rings. The van der Waals surface area contributed by atoms with Crippen molar-refractivity contribution in [1.29, 1.82) is 0 Å². The number of amides is 1. The molecule has 0 saturated heterocycles. The molecular weight excluding hydrogens is 422 g/mol. The molecule has 0 unspecified atom stereocenters. The Morgan fingerprint density at radius 1 is 1.09 bits per heavy atom. The normalized spacial score (nSPS) is 22.8. The van der Waals surface area contributed by atoms with E-state index < -0.39 is 5.72 Å². The van der Waals surface area contributed by atoms with Crippen LogP contribution in [0.15, 0.2) is 90.6 Å². The van der Waals surface area contributed by atoms with E-state index in [9.17, 15) is 4.79 Å². The fraction of sp³-hybridized carbons (Fsp3) is 0.154. The van der Waals surface area contributed by atoms with Crippen LogP contribution >= 0.6 is 11.6 Å². The summed E-state index contributed by atoms with van der Waals surface area (Å²) in [6.07, 6.45) is 2.40. The molecule has 1 amide bonds. The second-order valence-corrected chi connectivity index (χ2v) is 8.56. The summed E-state index contributed by atoms with van der Waals surface area (Å²) in [5, 5.41) is 7.54. The summed E-state index contributed by atoms with van der Waals surface area (Å²) in [4.78, 5) is 15.7. The van der Waals surface area contributed by atoms with Crippen LogP contribution in [0.4, 0.5) is 5.69 Å². The van der Waals surface area contributed by atoms with Gasteiger partial charge in [0.15, 0.2) is 0 Å². The summed E-state index contributed by atoms with van der Waals surface area (Å²) < 4.78 is 6.59. The van der Waals surface area contributed by atoms with Crippen LogP contribution in [0.2, 0.25) is 5.02 Å². The summed E-state index contributed by atoms with van der Waals surface area (Å²) in [6.45, 7) is 4.24. The molecule has 0 radical (unpaired) electrons. The smallest absolute Gasteiger partial charge is 0.306 e. The van der Waals surface area contributed by atoms with Crippen molar-refractivity contribution in [2.45, 2.75) is 18.2 Å². The first-order valence-electron chi connectivity index (χ1n) is 10.6. The average Bonchev–Trinajstić information content (AvgIpc) is 3.36. The maximum absolute atomic E-state index is 14.0. The van der Waals surface area contributed by atoms with Crippen LogP contribution in [-0.2, 0) is 10.5 Å². The molecule has 158 valence electrons. The van der Waals surface area contributed by atoms with E-state index in [0.29, 0.717) is 23.7 Å². The largest absolute Gasteiger partial charge is 0.453 e. The van der Waals surface area contributed by atoms with Crippen molar-refractivity contribution in [2.75, 3.05) is 11.4 Å². The van der Waals surface area contributed by atoms with Gasteiger partial charge in [0.05, 0.1) is 23.0 Å². The zero-order chi connectivity index (χ0) is 21.9. The fourth-order valence-electron chi connectivity index (χ4n) is 4.95. The van der Waals surface area contributed by atoms with Crippen molar-refractivity contribution in [3.05, 3.63) is 107 Å². The van der Waals surface area contributed by atoms with E-state index in [1.807, 2.05) is 77.8 Å². The highest BCUT2D eigenvalue weighted by molar-refractivity contribution is 6.30. The van der Waals surface area contributed by atoms with Gasteiger partial charge in [-0.15, -0.1) is 6.58 Å². The number of carbonyl (C=O) groups is 1. The number of rotatable bonds is 3. The van der Waals surface area contributed by atoms with Crippen LogP contribution in [0.1, 0.15) is 29.2 Å². The van der Waals surface area contributed by atoms with Gasteiger partial charge in [-0.2, -0.15) is 5.10 Å². The summed E-state index contributed by atoms with van der Waals surface area (Å²) in [6, 6.07) is 23.2. The predicted octanol–water partition coefficient (Wildman–Crippen LogP) is 5.27. The van der Waals surface area contributed by atoms with Gasteiger partial charge in [0, 0.05) is 23.6 Å². The Morgan fingerprint density at radius 2 is 1.84 bits per heavy atom. The number of nitrogens with zero attached hydrogens (tertiary/aromatic N) is 3. The van der Waals surface area contributed by atoms with Gasteiger partial charge < -0.3 is 9.64 Å². The van der Waals surface area contributed by atoms with E-state index in [1.54, 1.807) is 11.0 Å². The van der Waals surface area contributed by atoms with E-state index in [2.05, 4.69) is 6.58 Å². The van der Waals surface area contributed by atoms with Crippen molar-refractivity contribution in [1.82, 2.24) is 5.01 Å². The standard InChI is InChI=1S/C26H20ClN3O2/c1-2-15-29-22-9-5-4-8-20(22)26(25(29)31)30-23(19-7-3-6-10-24(19)32-26)16-21(28-30)17-11-13-18(27)14-12-17/h2-14,23H,1,15-16H2/t23-,26-/m0/s1. The lowest BCUT2D eigenvalue weighted by Crippen LogP contribution is -2.57. The molecule has 32 heavy (non-hydrogen) atoms. The van der Waals surface area contributed by atoms with Gasteiger partial charge in [-0.25, -0.2) is 5.01 Å². The SMILES string of the molecule is C=CCN1C(=O)[C@@]2(Oc3ccccc3[C@@H]3CC(c4ccc(Cl)cc4)=NN32)c2ccccc21. The van der Waals surface area contributed by atoms with Gasteiger partial charge in [-0.1, -0.05) is 66.2 Å². The lowest BCUT2D eigenvalue weighted by atomic mass is 9.92. The van der Waals surface area contributed by atoms with Crippen LogP contribution in [-0.4, -0.2) is 23.2 Å². The number of halogens is 1. The second kappa shape index (κ2) is 6.97. The lowest BCUT2D eigenvalue weighted by Gasteiger charge is -2.44. The van der Waals surface area contributed by atoms with E-state index in [0.717, 1.165) is 28.1 Å². The van der Waals surface area contributed by atoms with Crippen LogP contribution in [0, 0.1) is 0 Å². The molecule has 3 aromatic carbocycles. The molecule has 6 heteroatoms. The first kappa shape index (κ1) is 19.1. The monoisotopic (exact) mass is 441 g/mol. The topological polar surface area (TPSA) is 45.1 Å². The Kier molecular flexibility index (Phi) is 4.17. The maximum Gasteiger partial charge on any atom is 0.306 e. The number of para-hydroxylation sites is 2. The molecule has 5 nitrogen and oxygen atoms in total. The molecule has 0 aromatic heterocycles. The highest BCUT2D eigenvalue weighted by Crippen LogP contribution is 2.55. The molecule has 0 saturated carbocycles. The molecule has 3 aliphatic heterocycles. The third kappa shape index (κ3) is 2.52. The molecule has 0 bridgehead atoms. The quantitative estimate of drug-likeness (QED) is 0.520. The van der Waals surface area contributed by atoms with E-state index >= 15 is 0 Å². The van der Waals surface area contributed by atoms with E-state index in [-0.39, 0.29) is 11.9 Å². The van der Waals surface area contributed by atoms with Crippen molar-refractivity contribution in [2.24, 2.45) is 5.10 Å². The Balaban J connectivity index is 1.57. The molecule has 0 aliphatic carbocycles. The van der Waals surface area contributed by atoms with Crippen LogP contribution in [0.25, 0.3) is 0 Å². The summed E-state index contributed by atoms with van der Waals surface area (Å²) in [5.41, 5.74) is 3.18. The van der Waals surface area contributed by atoms with Crippen LogP contribution in [0.3, 0.4) is 0 Å². The maximum atomic E-state index is 14.0. The third-order valence-corrected chi connectivity index (χ3v) is 6.60. The minimum Gasteiger partial charge on any atom is -0.453 e. The number of anilines is 1. The average molecular weight is 442 g/mol. The van der Waals surface area contributed by atoms with Gasteiger partial charge in [0.1, 0.15) is 5.75 Å². The minimum absolute atomic E-state index is 0.119. The highest BCUT2D eigenvalue weighted by atomic mass is 35.5. The fourth-order valence-corrected chi connectivity index (χ4v) is 5.07. The molecule has 3 heterocycles. The molecule has 6 rings (SSSR count). The number of benzene rings is 3. The van der Waals surface area contributed by atoms with Gasteiger partial charge in [0.25, 0.3) is 5.91 Å². The van der Waals surface area contributed by atoms with Crippen LogP contribution in [0.5, 0.6) is 5.75 Å². The molecule has 0 N–H and O–H groups in total. The molecule has 2 atom stereocenters. The van der Waals surface area contributed by atoms with Crippen molar-refractivity contribution < 1.29 is 9.53 Å². The molecule has 3 aliphatic rings. The number of hydrogen-bond acceptors (Lipinski definition) is 4. The predicted molar refractivity (Wildman–Crippen MR) is 125 cm³/mol. The highest BCUT2D eigenvalue weighted by Gasteiger charge is 2.62. The van der Waals surface area contributed by atoms with Gasteiger partial charge >= 0.3 is 5.72 Å². The number of hydrogen-bond donors (Lipinski definition) is 0. The van der Waals surface area contributed by atoms with Gasteiger partial charge in [0.2, 0.25) is 0 Å². The second-order valence-electron chi connectivity index (χ2n) is 8.12. The minimum atomic E-state index is -1.35. The van der Waals surface area contributed by atoms with Crippen molar-refractivity contribution in [3.8, 4) is 5.75 Å². The molecule has 1 spiro atoms. The van der Waals surface area contributed by atoms with Crippen molar-refractivity contribution >= 4 is 28.9 Å². The Morgan fingerprint density at radius 3 is 2.66 bits per heavy atom. The van der Waals surface area contributed by atoms with Gasteiger partial charge in [-0.05, 0) is 29.8 Å². The lowest BCUT2D eigenvalue weighted by molar-refractivity contribution is -0.163. The first-order valence-corrected chi connectivity index (χ1v) is 10.9. The van der Waals surface area contributed by atoms with E-state index in [1.165, 1.54) is 0 Å². The Hall–Kier alpha value is -3.57. The van der Waals surface area contributed by atoms with E-state index in [4.69, 9.17) is 21.4 Å². The molecule has 3 aromatic rings. The van der Waals surface area contributed by atoms with Gasteiger partial charge in [-0.3, -0.25) is 4.79 Å². The van der Waals surface area contributed by atoms with Crippen LogP contribution < -0.4 is 9.64 Å². The number of ether oxygens (including phenoxy) is 1. The Labute approximate surface area is 191 Å². The zero-order valence-corrected chi connectivity index (χ0v) is 18.0. The molecular formula is C26H20ClN3O2. The number of carbonyl (C=O) groups excluding carboxylic acids is 1. The Bertz CT molecular complexity index is 1290. The number of fused-ring (bicyclic) bond motifs is 6. The first-order chi connectivity index (χ1) is 15.6. The number of hydrazone groups is 1.